The molecule has 4 amide bonds. The molecule has 2 heterocycles. The third-order valence-electron chi connectivity index (χ3n) is 5.47. The van der Waals surface area contributed by atoms with Gasteiger partial charge in [-0.25, -0.2) is 4.39 Å². The number of nitrogens with zero attached hydrogens (tertiary/aromatic N) is 1. The minimum Gasteiger partial charge on any atom is -0.497 e. The van der Waals surface area contributed by atoms with Gasteiger partial charge in [-0.05, 0) is 24.6 Å². The van der Waals surface area contributed by atoms with Crippen molar-refractivity contribution >= 4 is 23.6 Å². The molecule has 0 spiro atoms. The molecule has 0 saturated carbocycles. The summed E-state index contributed by atoms with van der Waals surface area (Å²) in [4.78, 5) is 49.2. The van der Waals surface area contributed by atoms with Gasteiger partial charge in [0.1, 0.15) is 17.2 Å². The zero-order valence-corrected chi connectivity index (χ0v) is 16.8. The molecule has 0 aliphatic carbocycles. The number of likely N-dealkylation sites (tertiary alicyclic amines) is 1. The topological polar surface area (TPSA) is 114 Å². The maximum atomic E-state index is 14.0. The van der Waals surface area contributed by atoms with Crippen LogP contribution in [0, 0.1) is 11.7 Å². The van der Waals surface area contributed by atoms with E-state index >= 15 is 0 Å². The van der Waals surface area contributed by atoms with Crippen LogP contribution in [0.2, 0.25) is 0 Å². The standard InChI is InChI=1S/C20H24FN3O6/c1-29-13-4-5-15(21)14(8-13)19(28)24-10-20(11-24,30-2)9-22-17(26)7-12-3-6-16(25)23-18(12)27/h4-5,8,12H,3,6-7,9-11H2,1-2H3,(H,22,26)(H,23,25,27). The van der Waals surface area contributed by atoms with E-state index in [4.69, 9.17) is 9.47 Å². The summed E-state index contributed by atoms with van der Waals surface area (Å²) in [6.45, 7) is 0.495. The van der Waals surface area contributed by atoms with Gasteiger partial charge in [0.2, 0.25) is 17.7 Å². The summed E-state index contributed by atoms with van der Waals surface area (Å²) in [7, 11) is 2.90. The van der Waals surface area contributed by atoms with Gasteiger partial charge in [0.25, 0.3) is 5.91 Å². The normalized spacial score (nSPS) is 20.2. The van der Waals surface area contributed by atoms with Crippen molar-refractivity contribution in [3.63, 3.8) is 0 Å². The number of nitrogens with one attached hydrogen (secondary N) is 2. The first-order chi connectivity index (χ1) is 14.3. The number of amides is 4. The Morgan fingerprint density at radius 1 is 1.30 bits per heavy atom. The number of hydrogen-bond acceptors (Lipinski definition) is 6. The van der Waals surface area contributed by atoms with Crippen LogP contribution < -0.4 is 15.4 Å². The lowest BCUT2D eigenvalue weighted by atomic mass is 9.91. The molecular weight excluding hydrogens is 397 g/mol. The summed E-state index contributed by atoms with van der Waals surface area (Å²) < 4.78 is 24.6. The Morgan fingerprint density at radius 2 is 2.03 bits per heavy atom. The monoisotopic (exact) mass is 421 g/mol. The molecule has 2 aliphatic heterocycles. The van der Waals surface area contributed by atoms with Crippen molar-refractivity contribution in [2.24, 2.45) is 5.92 Å². The largest absolute Gasteiger partial charge is 0.497 e. The van der Waals surface area contributed by atoms with Crippen molar-refractivity contribution in [3.05, 3.63) is 29.6 Å². The second kappa shape index (κ2) is 8.78. The van der Waals surface area contributed by atoms with E-state index in [1.165, 1.54) is 37.3 Å². The number of rotatable bonds is 7. The van der Waals surface area contributed by atoms with E-state index in [0.717, 1.165) is 0 Å². The van der Waals surface area contributed by atoms with Crippen LogP contribution in [-0.4, -0.2) is 68.0 Å². The summed E-state index contributed by atoms with van der Waals surface area (Å²) in [5.74, 6) is -2.42. The van der Waals surface area contributed by atoms with Crippen LogP contribution >= 0.6 is 0 Å². The SMILES string of the molecule is COc1ccc(F)c(C(=O)N2CC(CNC(=O)CC3CCC(=O)NC3=O)(OC)C2)c1. The van der Waals surface area contributed by atoms with Gasteiger partial charge in [-0.3, -0.25) is 24.5 Å². The smallest absolute Gasteiger partial charge is 0.257 e. The Bertz CT molecular complexity index is 868. The summed E-state index contributed by atoms with van der Waals surface area (Å²) in [5.41, 5.74) is -0.883. The molecule has 10 heteroatoms. The van der Waals surface area contributed by atoms with Crippen molar-refractivity contribution in [2.75, 3.05) is 33.9 Å². The molecule has 9 nitrogen and oxygen atoms in total. The number of imide groups is 1. The Balaban J connectivity index is 1.52. The summed E-state index contributed by atoms with van der Waals surface area (Å²) in [6.07, 6.45) is 0.516. The molecule has 1 unspecified atom stereocenters. The van der Waals surface area contributed by atoms with E-state index in [9.17, 15) is 23.6 Å². The van der Waals surface area contributed by atoms with Crippen molar-refractivity contribution in [3.8, 4) is 5.75 Å². The van der Waals surface area contributed by atoms with Crippen molar-refractivity contribution < 1.29 is 33.0 Å². The Labute approximate surface area is 172 Å². The van der Waals surface area contributed by atoms with Crippen molar-refractivity contribution in [1.82, 2.24) is 15.5 Å². The highest BCUT2D eigenvalue weighted by atomic mass is 19.1. The van der Waals surface area contributed by atoms with Gasteiger partial charge in [-0.15, -0.1) is 0 Å². The highest BCUT2D eigenvalue weighted by molar-refractivity contribution is 6.00. The Morgan fingerprint density at radius 3 is 2.67 bits per heavy atom. The van der Waals surface area contributed by atoms with Crippen LogP contribution in [0.3, 0.4) is 0 Å². The van der Waals surface area contributed by atoms with Crippen LogP contribution in [0.15, 0.2) is 18.2 Å². The lowest BCUT2D eigenvalue weighted by molar-refractivity contribution is -0.140. The van der Waals surface area contributed by atoms with Crippen LogP contribution in [0.4, 0.5) is 4.39 Å². The molecule has 2 fully saturated rings. The molecule has 162 valence electrons. The minimum absolute atomic E-state index is 0.0312. The molecule has 2 saturated heterocycles. The maximum absolute atomic E-state index is 14.0. The van der Waals surface area contributed by atoms with E-state index in [1.54, 1.807) is 0 Å². The molecule has 1 atom stereocenters. The molecule has 1 aromatic rings. The fourth-order valence-corrected chi connectivity index (χ4v) is 3.56. The summed E-state index contributed by atoms with van der Waals surface area (Å²) in [6, 6.07) is 3.94. The molecule has 0 radical (unpaired) electrons. The molecule has 2 N–H and O–H groups in total. The number of benzene rings is 1. The van der Waals surface area contributed by atoms with Crippen LogP contribution in [0.25, 0.3) is 0 Å². The van der Waals surface area contributed by atoms with E-state index in [-0.39, 0.29) is 49.9 Å². The average molecular weight is 421 g/mol. The lowest BCUT2D eigenvalue weighted by Crippen LogP contribution is -2.68. The quantitative estimate of drug-likeness (QED) is 0.610. The molecular formula is C20H24FN3O6. The number of methoxy groups -OCH3 is 2. The predicted molar refractivity (Wildman–Crippen MR) is 102 cm³/mol. The second-order valence-corrected chi connectivity index (χ2v) is 7.52. The third-order valence-corrected chi connectivity index (χ3v) is 5.47. The first-order valence-electron chi connectivity index (χ1n) is 9.55. The van der Waals surface area contributed by atoms with Gasteiger partial charge in [0, 0.05) is 25.9 Å². The highest BCUT2D eigenvalue weighted by Crippen LogP contribution is 2.28. The number of carbonyl (C=O) groups is 4. The third kappa shape index (κ3) is 4.59. The number of halogens is 1. The summed E-state index contributed by atoms with van der Waals surface area (Å²) in [5, 5.41) is 4.94. The van der Waals surface area contributed by atoms with Gasteiger partial charge < -0.3 is 19.7 Å². The molecule has 30 heavy (non-hydrogen) atoms. The second-order valence-electron chi connectivity index (χ2n) is 7.52. The fourth-order valence-electron chi connectivity index (χ4n) is 3.56. The van der Waals surface area contributed by atoms with Gasteiger partial charge in [0.05, 0.1) is 32.3 Å². The van der Waals surface area contributed by atoms with E-state index in [2.05, 4.69) is 10.6 Å². The van der Waals surface area contributed by atoms with Gasteiger partial charge >= 0.3 is 0 Å². The molecule has 3 rings (SSSR count). The average Bonchev–Trinajstić information content (AvgIpc) is 2.69. The van der Waals surface area contributed by atoms with Gasteiger partial charge in [-0.2, -0.15) is 0 Å². The Kier molecular flexibility index (Phi) is 6.35. The van der Waals surface area contributed by atoms with Gasteiger partial charge in [0.15, 0.2) is 0 Å². The predicted octanol–water partition coefficient (Wildman–Crippen LogP) is 0.234. The molecule has 1 aromatic carbocycles. The highest BCUT2D eigenvalue weighted by Gasteiger charge is 2.46. The fraction of sp³-hybridized carbons (Fsp3) is 0.500. The Hall–Kier alpha value is -3.01. The first kappa shape index (κ1) is 21.7. The van der Waals surface area contributed by atoms with Crippen LogP contribution in [0.1, 0.15) is 29.6 Å². The summed E-state index contributed by atoms with van der Waals surface area (Å²) >= 11 is 0. The minimum atomic E-state index is -0.786. The zero-order chi connectivity index (χ0) is 21.9. The number of carbonyl (C=O) groups excluding carboxylic acids is 4. The molecule has 0 aromatic heterocycles. The van der Waals surface area contributed by atoms with Crippen LogP contribution in [-0.2, 0) is 19.1 Å². The number of ether oxygens (including phenoxy) is 2. The lowest BCUT2D eigenvalue weighted by Gasteiger charge is -2.49. The molecule has 0 bridgehead atoms. The molecule has 2 aliphatic rings. The number of hydrogen-bond donors (Lipinski definition) is 2. The first-order valence-corrected chi connectivity index (χ1v) is 9.55. The van der Waals surface area contributed by atoms with Crippen LogP contribution in [0.5, 0.6) is 5.75 Å². The van der Waals surface area contributed by atoms with Gasteiger partial charge in [-0.1, -0.05) is 0 Å². The zero-order valence-electron chi connectivity index (χ0n) is 16.8. The maximum Gasteiger partial charge on any atom is 0.257 e. The van der Waals surface area contributed by atoms with Crippen molar-refractivity contribution in [1.29, 1.82) is 0 Å². The van der Waals surface area contributed by atoms with Crippen molar-refractivity contribution in [2.45, 2.75) is 24.9 Å². The van der Waals surface area contributed by atoms with E-state index in [1.807, 2.05) is 0 Å². The van der Waals surface area contributed by atoms with E-state index < -0.39 is 29.2 Å². The van der Waals surface area contributed by atoms with E-state index in [0.29, 0.717) is 12.2 Å². The number of piperidine rings is 1.